The van der Waals surface area contributed by atoms with Crippen molar-refractivity contribution in [2.24, 2.45) is 5.73 Å². The lowest BCUT2D eigenvalue weighted by atomic mass is 10.0. The Morgan fingerprint density at radius 3 is 2.90 bits per heavy atom. The minimum atomic E-state index is -4.52. The average Bonchev–Trinajstić information content (AvgIpc) is 3.28. The van der Waals surface area contributed by atoms with E-state index in [9.17, 15) is 17.6 Å². The zero-order chi connectivity index (χ0) is 20.6. The Labute approximate surface area is 170 Å². The quantitative estimate of drug-likeness (QED) is 0.403. The summed E-state index contributed by atoms with van der Waals surface area (Å²) in [6, 6.07) is -0.457. The second kappa shape index (κ2) is 8.05. The van der Waals surface area contributed by atoms with Crippen LogP contribution in [-0.4, -0.2) is 45.9 Å². The van der Waals surface area contributed by atoms with Crippen molar-refractivity contribution in [2.45, 2.75) is 35.6 Å². The summed E-state index contributed by atoms with van der Waals surface area (Å²) in [6.45, 7) is 0.843. The summed E-state index contributed by atoms with van der Waals surface area (Å²) >= 11 is 0.807. The van der Waals surface area contributed by atoms with Crippen LogP contribution in [-0.2, 0) is 6.54 Å². The van der Waals surface area contributed by atoms with Crippen LogP contribution in [0.3, 0.4) is 0 Å². The van der Waals surface area contributed by atoms with Crippen LogP contribution in [0, 0.1) is 0 Å². The number of piperidine rings is 1. The molecule has 7 nitrogen and oxygen atoms in total. The molecule has 0 bridgehead atoms. The number of anilines is 1. The van der Waals surface area contributed by atoms with Gasteiger partial charge in [0.1, 0.15) is 6.17 Å². The van der Waals surface area contributed by atoms with Crippen LogP contribution in [0.2, 0.25) is 0 Å². The van der Waals surface area contributed by atoms with Gasteiger partial charge in [-0.25, -0.2) is 4.39 Å². The largest absolute Gasteiger partial charge is 0.446 e. The molecule has 156 valence electrons. The summed E-state index contributed by atoms with van der Waals surface area (Å²) in [5, 5.41) is 10.1. The zero-order valence-corrected chi connectivity index (χ0v) is 16.4. The molecule has 0 saturated carbocycles. The molecule has 1 fully saturated rings. The topological polar surface area (TPSA) is 102 Å². The van der Waals surface area contributed by atoms with E-state index in [-0.39, 0.29) is 46.3 Å². The number of nitrogens with two attached hydrogens (primary N) is 1. The number of fused-ring (bicyclic) bond motifs is 1. The van der Waals surface area contributed by atoms with Crippen molar-refractivity contribution in [3.8, 4) is 10.7 Å². The van der Waals surface area contributed by atoms with Crippen LogP contribution >= 0.6 is 23.1 Å². The average molecular weight is 448 g/mol. The first kappa shape index (κ1) is 20.3. The van der Waals surface area contributed by atoms with Gasteiger partial charge in [-0.05, 0) is 24.7 Å². The number of halogens is 4. The lowest BCUT2D eigenvalue weighted by molar-refractivity contribution is -0.0327. The molecule has 0 aliphatic carbocycles. The van der Waals surface area contributed by atoms with Crippen molar-refractivity contribution in [1.29, 1.82) is 0 Å². The molecule has 0 spiro atoms. The van der Waals surface area contributed by atoms with Crippen LogP contribution < -0.4 is 16.4 Å². The minimum absolute atomic E-state index is 0.0228. The minimum Gasteiger partial charge on any atom is -0.377 e. The van der Waals surface area contributed by atoms with E-state index in [1.165, 1.54) is 12.4 Å². The van der Waals surface area contributed by atoms with Gasteiger partial charge in [0.15, 0.2) is 0 Å². The summed E-state index contributed by atoms with van der Waals surface area (Å²) in [5.41, 5.74) is 1.41. The number of aromatic nitrogens is 3. The Morgan fingerprint density at radius 2 is 2.21 bits per heavy atom. The fourth-order valence-corrected chi connectivity index (χ4v) is 5.13. The SMILES string of the molecule is NCc1nc(-c2sc3c(NC4CCNCC4F)cncc3c2SC(F)(F)F)no1. The van der Waals surface area contributed by atoms with E-state index < -0.39 is 17.7 Å². The first-order valence-electron chi connectivity index (χ1n) is 8.66. The summed E-state index contributed by atoms with van der Waals surface area (Å²) in [6.07, 6.45) is 2.27. The Kier molecular flexibility index (Phi) is 5.64. The number of thioether (sulfide) groups is 1. The van der Waals surface area contributed by atoms with Gasteiger partial charge in [0, 0.05) is 23.0 Å². The molecule has 13 heteroatoms. The van der Waals surface area contributed by atoms with Crippen LogP contribution in [0.4, 0.5) is 23.2 Å². The predicted molar refractivity (Wildman–Crippen MR) is 103 cm³/mol. The molecule has 3 aromatic heterocycles. The Balaban J connectivity index is 1.80. The summed E-state index contributed by atoms with van der Waals surface area (Å²) < 4.78 is 59.4. The van der Waals surface area contributed by atoms with Crippen molar-refractivity contribution in [3.05, 3.63) is 18.3 Å². The Morgan fingerprint density at radius 1 is 1.38 bits per heavy atom. The van der Waals surface area contributed by atoms with Crippen LogP contribution in [0.1, 0.15) is 12.3 Å². The summed E-state index contributed by atoms with van der Waals surface area (Å²) in [7, 11) is 0. The van der Waals surface area contributed by atoms with Gasteiger partial charge < -0.3 is 20.9 Å². The highest BCUT2D eigenvalue weighted by Gasteiger charge is 2.34. The van der Waals surface area contributed by atoms with Crippen molar-refractivity contribution in [1.82, 2.24) is 20.4 Å². The maximum Gasteiger partial charge on any atom is 0.446 e. The predicted octanol–water partition coefficient (Wildman–Crippen LogP) is 3.53. The molecule has 0 aromatic carbocycles. The molecular weight excluding hydrogens is 432 g/mol. The zero-order valence-electron chi connectivity index (χ0n) is 14.8. The van der Waals surface area contributed by atoms with E-state index in [0.29, 0.717) is 28.7 Å². The van der Waals surface area contributed by atoms with E-state index >= 15 is 0 Å². The molecule has 3 aromatic rings. The number of nitrogens with zero attached hydrogens (tertiary/aromatic N) is 3. The third-order valence-corrected chi connectivity index (χ3v) is 6.59. The molecule has 4 heterocycles. The van der Waals surface area contributed by atoms with Gasteiger partial charge in [0.2, 0.25) is 11.7 Å². The standard InChI is InChI=1S/C16H16F4N6OS2/c17-8-5-22-2-1-9(8)24-10-6-23-4-7-12(10)28-14(13(7)29-16(18,19)20)15-25-11(3-21)27-26-15/h4,6,8-9,22,24H,1-3,5,21H2. The molecule has 2 unspecified atom stereocenters. The number of nitrogens with one attached hydrogen (secondary N) is 2. The van der Waals surface area contributed by atoms with E-state index in [0.717, 1.165) is 11.3 Å². The molecule has 0 amide bonds. The van der Waals surface area contributed by atoms with Crippen molar-refractivity contribution < 1.29 is 22.1 Å². The number of hydrogen-bond acceptors (Lipinski definition) is 9. The highest BCUT2D eigenvalue weighted by molar-refractivity contribution is 8.00. The van der Waals surface area contributed by atoms with E-state index in [1.807, 2.05) is 0 Å². The van der Waals surface area contributed by atoms with Crippen molar-refractivity contribution in [3.63, 3.8) is 0 Å². The third-order valence-electron chi connectivity index (χ3n) is 4.36. The molecule has 2 atom stereocenters. The second-order valence-corrected chi connectivity index (χ2v) is 8.44. The van der Waals surface area contributed by atoms with Crippen LogP contribution in [0.5, 0.6) is 0 Å². The number of thiophene rings is 1. The number of rotatable bonds is 5. The van der Waals surface area contributed by atoms with Crippen LogP contribution in [0.25, 0.3) is 20.8 Å². The number of pyridine rings is 1. The lowest BCUT2D eigenvalue weighted by Crippen LogP contribution is -2.45. The Bertz CT molecular complexity index is 1010. The fourth-order valence-electron chi connectivity index (χ4n) is 3.07. The summed E-state index contributed by atoms with van der Waals surface area (Å²) in [5.74, 6) is 0.140. The van der Waals surface area contributed by atoms with Gasteiger partial charge in [-0.1, -0.05) is 5.16 Å². The van der Waals surface area contributed by atoms with Crippen molar-refractivity contribution in [2.75, 3.05) is 18.4 Å². The molecule has 1 aliphatic rings. The molecular formula is C16H16F4N6OS2. The van der Waals surface area contributed by atoms with E-state index in [4.69, 9.17) is 10.3 Å². The molecule has 4 N–H and O–H groups in total. The second-order valence-electron chi connectivity index (χ2n) is 6.35. The normalized spacial score (nSPS) is 20.3. The third kappa shape index (κ3) is 4.32. The smallest absolute Gasteiger partial charge is 0.377 e. The van der Waals surface area contributed by atoms with Gasteiger partial charge in [-0.3, -0.25) is 4.98 Å². The van der Waals surface area contributed by atoms with Crippen LogP contribution in [0.15, 0.2) is 21.8 Å². The van der Waals surface area contributed by atoms with Gasteiger partial charge in [0.05, 0.1) is 34.0 Å². The summed E-state index contributed by atoms with van der Waals surface area (Å²) in [4.78, 5) is 8.25. The van der Waals surface area contributed by atoms with E-state index in [2.05, 4.69) is 25.8 Å². The van der Waals surface area contributed by atoms with E-state index in [1.54, 1.807) is 0 Å². The fraction of sp³-hybridized carbons (Fsp3) is 0.438. The molecule has 4 rings (SSSR count). The first-order chi connectivity index (χ1) is 13.9. The Hall–Kier alpha value is -1.96. The van der Waals surface area contributed by atoms with Gasteiger partial charge >= 0.3 is 5.51 Å². The molecule has 1 saturated heterocycles. The molecule has 29 heavy (non-hydrogen) atoms. The highest BCUT2D eigenvalue weighted by Crippen LogP contribution is 2.50. The molecule has 1 aliphatic heterocycles. The first-order valence-corrected chi connectivity index (χ1v) is 10.3. The van der Waals surface area contributed by atoms with Gasteiger partial charge in [0.25, 0.3) is 0 Å². The lowest BCUT2D eigenvalue weighted by Gasteiger charge is -2.28. The number of hydrogen-bond donors (Lipinski definition) is 3. The van der Waals surface area contributed by atoms with Crippen molar-refractivity contribution >= 4 is 38.9 Å². The number of alkyl halides is 4. The molecule has 0 radical (unpaired) electrons. The monoisotopic (exact) mass is 448 g/mol. The highest BCUT2D eigenvalue weighted by atomic mass is 32.2. The maximum atomic E-state index is 14.2. The maximum absolute atomic E-state index is 14.2. The van der Waals surface area contributed by atoms with Gasteiger partial charge in [-0.15, -0.1) is 11.3 Å². The van der Waals surface area contributed by atoms with Gasteiger partial charge in [-0.2, -0.15) is 18.2 Å².